The molecule has 19 heavy (non-hydrogen) atoms. The molecule has 5 nitrogen and oxygen atoms in total. The average molecular weight is 326 g/mol. The van der Waals surface area contributed by atoms with Crippen LogP contribution in [0.2, 0.25) is 0 Å². The Morgan fingerprint density at radius 2 is 2.26 bits per heavy atom. The standard InChI is InChI=1S/C13H16BrN3O2/c1-3-4-10(15)12-16-13(19-17-12)8-5-6-11(18-2)9(14)7-8/h5-7,10H,3-4,15H2,1-2H3. The number of hydrogen-bond donors (Lipinski definition) is 1. The van der Waals surface area contributed by atoms with E-state index in [0.717, 1.165) is 28.6 Å². The van der Waals surface area contributed by atoms with Crippen molar-refractivity contribution in [3.05, 3.63) is 28.5 Å². The van der Waals surface area contributed by atoms with Gasteiger partial charge in [-0.15, -0.1) is 0 Å². The molecule has 1 aromatic carbocycles. The molecular weight excluding hydrogens is 310 g/mol. The van der Waals surface area contributed by atoms with E-state index in [4.69, 9.17) is 15.0 Å². The van der Waals surface area contributed by atoms with Crippen LogP contribution in [0.5, 0.6) is 5.75 Å². The molecule has 2 N–H and O–H groups in total. The first-order valence-electron chi connectivity index (χ1n) is 6.08. The summed E-state index contributed by atoms with van der Waals surface area (Å²) in [5.74, 6) is 1.76. The Balaban J connectivity index is 2.25. The number of benzene rings is 1. The van der Waals surface area contributed by atoms with Crippen molar-refractivity contribution in [3.63, 3.8) is 0 Å². The zero-order chi connectivity index (χ0) is 13.8. The van der Waals surface area contributed by atoms with E-state index in [1.165, 1.54) is 0 Å². The highest BCUT2D eigenvalue weighted by atomic mass is 79.9. The molecule has 0 radical (unpaired) electrons. The average Bonchev–Trinajstić information content (AvgIpc) is 2.88. The van der Waals surface area contributed by atoms with Crippen molar-refractivity contribution < 1.29 is 9.26 Å². The lowest BCUT2D eigenvalue weighted by atomic mass is 10.2. The second kappa shape index (κ2) is 6.16. The maximum Gasteiger partial charge on any atom is 0.258 e. The molecule has 0 amide bonds. The van der Waals surface area contributed by atoms with Gasteiger partial charge in [0.05, 0.1) is 17.6 Å². The Labute approximate surface area is 120 Å². The molecular formula is C13H16BrN3O2. The first kappa shape index (κ1) is 14.0. The minimum absolute atomic E-state index is 0.177. The van der Waals surface area contributed by atoms with Gasteiger partial charge in [0.15, 0.2) is 5.82 Å². The van der Waals surface area contributed by atoms with Gasteiger partial charge in [-0.25, -0.2) is 0 Å². The number of nitrogens with two attached hydrogens (primary N) is 1. The summed E-state index contributed by atoms with van der Waals surface area (Å²) in [5, 5.41) is 3.93. The lowest BCUT2D eigenvalue weighted by Crippen LogP contribution is -2.11. The molecule has 6 heteroatoms. The minimum Gasteiger partial charge on any atom is -0.496 e. The van der Waals surface area contributed by atoms with E-state index in [1.807, 2.05) is 18.2 Å². The van der Waals surface area contributed by atoms with Gasteiger partial charge in [0.1, 0.15) is 5.75 Å². The summed E-state index contributed by atoms with van der Waals surface area (Å²) in [7, 11) is 1.62. The normalized spacial score (nSPS) is 12.4. The molecule has 0 fully saturated rings. The summed E-state index contributed by atoms with van der Waals surface area (Å²) < 4.78 is 11.3. The van der Waals surface area contributed by atoms with E-state index in [-0.39, 0.29) is 6.04 Å². The van der Waals surface area contributed by atoms with Gasteiger partial charge in [0, 0.05) is 5.56 Å². The van der Waals surface area contributed by atoms with E-state index >= 15 is 0 Å². The fourth-order valence-corrected chi connectivity index (χ4v) is 2.28. The summed E-state index contributed by atoms with van der Waals surface area (Å²) >= 11 is 3.43. The summed E-state index contributed by atoms with van der Waals surface area (Å²) in [6, 6.07) is 5.41. The third-order valence-corrected chi connectivity index (χ3v) is 3.39. The highest BCUT2D eigenvalue weighted by Gasteiger charge is 2.15. The molecule has 1 heterocycles. The molecule has 2 rings (SSSR count). The number of halogens is 1. The molecule has 0 aliphatic carbocycles. The number of methoxy groups -OCH3 is 1. The largest absolute Gasteiger partial charge is 0.496 e. The summed E-state index contributed by atoms with van der Waals surface area (Å²) in [6.45, 7) is 2.07. The van der Waals surface area contributed by atoms with E-state index in [0.29, 0.717) is 11.7 Å². The molecule has 0 saturated carbocycles. The second-order valence-electron chi connectivity index (χ2n) is 4.20. The second-order valence-corrected chi connectivity index (χ2v) is 5.06. The van der Waals surface area contributed by atoms with Crippen molar-refractivity contribution in [2.75, 3.05) is 7.11 Å². The van der Waals surface area contributed by atoms with E-state index in [1.54, 1.807) is 7.11 Å². The topological polar surface area (TPSA) is 74.2 Å². The molecule has 2 aromatic rings. The van der Waals surface area contributed by atoms with Crippen LogP contribution in [0, 0.1) is 0 Å². The van der Waals surface area contributed by atoms with Crippen molar-refractivity contribution in [1.29, 1.82) is 0 Å². The number of rotatable bonds is 5. The Morgan fingerprint density at radius 1 is 1.47 bits per heavy atom. The molecule has 1 unspecified atom stereocenters. The van der Waals surface area contributed by atoms with Crippen molar-refractivity contribution in [1.82, 2.24) is 10.1 Å². The van der Waals surface area contributed by atoms with E-state index in [9.17, 15) is 0 Å². The van der Waals surface area contributed by atoms with Crippen molar-refractivity contribution >= 4 is 15.9 Å². The molecule has 0 aliphatic rings. The Morgan fingerprint density at radius 3 is 2.89 bits per heavy atom. The third-order valence-electron chi connectivity index (χ3n) is 2.77. The van der Waals surface area contributed by atoms with Crippen LogP contribution in [0.15, 0.2) is 27.2 Å². The summed E-state index contributed by atoms with van der Waals surface area (Å²) in [5.41, 5.74) is 6.79. The van der Waals surface area contributed by atoms with Crippen LogP contribution in [0.4, 0.5) is 0 Å². The van der Waals surface area contributed by atoms with Crippen LogP contribution >= 0.6 is 15.9 Å². The highest BCUT2D eigenvalue weighted by molar-refractivity contribution is 9.10. The fraction of sp³-hybridized carbons (Fsp3) is 0.385. The van der Waals surface area contributed by atoms with Crippen LogP contribution in [0.3, 0.4) is 0 Å². The summed E-state index contributed by atoms with van der Waals surface area (Å²) in [4.78, 5) is 4.33. The van der Waals surface area contributed by atoms with Crippen LogP contribution in [0.25, 0.3) is 11.5 Å². The predicted molar refractivity (Wildman–Crippen MR) is 75.8 cm³/mol. The SMILES string of the molecule is CCCC(N)c1noc(-c2ccc(OC)c(Br)c2)n1. The maximum absolute atomic E-state index is 5.96. The molecule has 102 valence electrons. The lowest BCUT2D eigenvalue weighted by Gasteiger charge is -2.03. The van der Waals surface area contributed by atoms with Gasteiger partial charge in [0.25, 0.3) is 5.89 Å². The van der Waals surface area contributed by atoms with Gasteiger partial charge >= 0.3 is 0 Å². The summed E-state index contributed by atoms with van der Waals surface area (Å²) in [6.07, 6.45) is 1.82. The van der Waals surface area contributed by atoms with Gasteiger partial charge in [-0.2, -0.15) is 4.98 Å². The van der Waals surface area contributed by atoms with Crippen molar-refractivity contribution in [2.45, 2.75) is 25.8 Å². The first-order valence-corrected chi connectivity index (χ1v) is 6.88. The smallest absolute Gasteiger partial charge is 0.258 e. The Bertz CT molecular complexity index is 557. The maximum atomic E-state index is 5.96. The molecule has 0 saturated heterocycles. The molecule has 0 aliphatic heterocycles. The van der Waals surface area contributed by atoms with Gasteiger partial charge < -0.3 is 15.0 Å². The van der Waals surface area contributed by atoms with Gasteiger partial charge in [-0.1, -0.05) is 18.5 Å². The zero-order valence-electron chi connectivity index (χ0n) is 10.9. The Kier molecular flexibility index (Phi) is 4.55. The van der Waals surface area contributed by atoms with Crippen LogP contribution in [-0.2, 0) is 0 Å². The third kappa shape index (κ3) is 3.13. The van der Waals surface area contributed by atoms with Crippen LogP contribution < -0.4 is 10.5 Å². The molecule has 1 atom stereocenters. The minimum atomic E-state index is -0.177. The zero-order valence-corrected chi connectivity index (χ0v) is 12.5. The van der Waals surface area contributed by atoms with Gasteiger partial charge in [-0.3, -0.25) is 0 Å². The molecule has 0 spiro atoms. The van der Waals surface area contributed by atoms with Crippen LogP contribution in [-0.4, -0.2) is 17.3 Å². The predicted octanol–water partition coefficient (Wildman–Crippen LogP) is 3.31. The van der Waals surface area contributed by atoms with Crippen LogP contribution in [0.1, 0.15) is 31.6 Å². The highest BCUT2D eigenvalue weighted by Crippen LogP contribution is 2.30. The van der Waals surface area contributed by atoms with Gasteiger partial charge in [-0.05, 0) is 40.5 Å². The van der Waals surface area contributed by atoms with Crippen molar-refractivity contribution in [2.24, 2.45) is 5.73 Å². The number of aromatic nitrogens is 2. The number of ether oxygens (including phenoxy) is 1. The first-order chi connectivity index (χ1) is 9.15. The van der Waals surface area contributed by atoms with Crippen molar-refractivity contribution in [3.8, 4) is 17.2 Å². The molecule has 0 bridgehead atoms. The molecule has 1 aromatic heterocycles. The van der Waals surface area contributed by atoms with E-state index < -0.39 is 0 Å². The number of hydrogen-bond acceptors (Lipinski definition) is 5. The quantitative estimate of drug-likeness (QED) is 0.912. The van der Waals surface area contributed by atoms with E-state index in [2.05, 4.69) is 33.0 Å². The monoisotopic (exact) mass is 325 g/mol. The fourth-order valence-electron chi connectivity index (χ4n) is 1.74. The van der Waals surface area contributed by atoms with Gasteiger partial charge in [0.2, 0.25) is 0 Å². The Hall–Kier alpha value is -1.40. The lowest BCUT2D eigenvalue weighted by molar-refractivity contribution is 0.410. The number of nitrogens with zero attached hydrogens (tertiary/aromatic N) is 2.